The molecule has 8 atom stereocenters. The zero-order valence-electron chi connectivity index (χ0n) is 29.8. The van der Waals surface area contributed by atoms with Crippen LogP contribution < -0.4 is 16.2 Å². The molecule has 3 aliphatic rings. The number of aromatic nitrogens is 1. The van der Waals surface area contributed by atoms with E-state index in [9.17, 15) is 19.2 Å². The molecule has 0 bridgehead atoms. The molecule has 280 valence electrons. The molecule has 1 aromatic heterocycles. The van der Waals surface area contributed by atoms with E-state index in [1.54, 1.807) is 19.2 Å². The topological polar surface area (TPSA) is 167 Å². The SMILES string of the molecule is CC(=O)O[C@@H](C)/C=C\C(=O)N[C@@H]1C[C@H](C)[C@H](C/C=C(C)/C=C/[C@@H]2C[C@]3(CO3)C[C@@H](CC(=O)NNC(=O)OCCSSc3ccccn3)O2)O[C@@H]1C. The first kappa shape index (κ1) is 40.4. The molecule has 3 saturated heterocycles. The molecule has 4 heterocycles. The first-order valence-corrected chi connectivity index (χ1v) is 19.6. The first-order valence-electron chi connectivity index (χ1n) is 17.3. The molecule has 0 radical (unpaired) electrons. The Morgan fingerprint density at radius 1 is 1.12 bits per heavy atom. The van der Waals surface area contributed by atoms with Crippen LogP contribution in [0.15, 0.2) is 65.4 Å². The number of pyridine rings is 1. The molecular weight excluding hydrogens is 697 g/mol. The van der Waals surface area contributed by atoms with Crippen molar-refractivity contribution in [1.82, 2.24) is 21.2 Å². The summed E-state index contributed by atoms with van der Waals surface area (Å²) >= 11 is 0. The van der Waals surface area contributed by atoms with Gasteiger partial charge in [-0.1, -0.05) is 47.6 Å². The summed E-state index contributed by atoms with van der Waals surface area (Å²) in [5.74, 6) is -0.233. The van der Waals surface area contributed by atoms with Crippen molar-refractivity contribution in [2.45, 2.75) is 114 Å². The number of carbonyl (C=O) groups is 4. The van der Waals surface area contributed by atoms with E-state index in [2.05, 4.69) is 34.2 Å². The van der Waals surface area contributed by atoms with Gasteiger partial charge in [0.15, 0.2) is 0 Å². The quantitative estimate of drug-likeness (QED) is 0.0420. The highest BCUT2D eigenvalue weighted by atomic mass is 33.1. The lowest BCUT2D eigenvalue weighted by atomic mass is 9.88. The van der Waals surface area contributed by atoms with Crippen LogP contribution >= 0.6 is 21.6 Å². The number of epoxide rings is 1. The molecule has 1 spiro atoms. The number of rotatable bonds is 15. The van der Waals surface area contributed by atoms with Gasteiger partial charge < -0.3 is 29.0 Å². The predicted molar refractivity (Wildman–Crippen MR) is 194 cm³/mol. The van der Waals surface area contributed by atoms with Gasteiger partial charge in [0.1, 0.15) is 17.7 Å². The summed E-state index contributed by atoms with van der Waals surface area (Å²) in [6.07, 6.45) is 11.8. The number of ether oxygens (including phenoxy) is 5. The van der Waals surface area contributed by atoms with Crippen LogP contribution in [0.1, 0.15) is 66.7 Å². The van der Waals surface area contributed by atoms with E-state index in [1.807, 2.05) is 44.2 Å². The third-order valence-electron chi connectivity index (χ3n) is 8.65. The van der Waals surface area contributed by atoms with Gasteiger partial charge in [-0.05, 0) is 68.5 Å². The van der Waals surface area contributed by atoms with Crippen molar-refractivity contribution < 1.29 is 42.9 Å². The normalized spacial score (nSPS) is 28.3. The number of nitrogens with one attached hydrogen (secondary N) is 3. The molecule has 13 nitrogen and oxygen atoms in total. The Morgan fingerprint density at radius 3 is 2.65 bits per heavy atom. The predicted octanol–water partition coefficient (Wildman–Crippen LogP) is 4.98. The van der Waals surface area contributed by atoms with Crippen LogP contribution in [0, 0.1) is 5.92 Å². The number of nitrogens with zero attached hydrogens (tertiary/aromatic N) is 1. The van der Waals surface area contributed by atoms with E-state index in [-0.39, 0.29) is 66.8 Å². The van der Waals surface area contributed by atoms with E-state index < -0.39 is 18.2 Å². The molecule has 0 unspecified atom stereocenters. The molecule has 51 heavy (non-hydrogen) atoms. The lowest BCUT2D eigenvalue weighted by Gasteiger charge is -2.39. The van der Waals surface area contributed by atoms with Crippen LogP contribution in [-0.4, -0.2) is 90.0 Å². The average Bonchev–Trinajstić information content (AvgIpc) is 3.83. The van der Waals surface area contributed by atoms with E-state index in [0.717, 1.165) is 23.4 Å². The average molecular weight is 747 g/mol. The van der Waals surface area contributed by atoms with Gasteiger partial charge in [0.25, 0.3) is 0 Å². The summed E-state index contributed by atoms with van der Waals surface area (Å²) in [6.45, 7) is 9.96. The van der Waals surface area contributed by atoms with Crippen molar-refractivity contribution in [1.29, 1.82) is 0 Å². The summed E-state index contributed by atoms with van der Waals surface area (Å²) < 4.78 is 28.5. The Bertz CT molecular complexity index is 1420. The highest BCUT2D eigenvalue weighted by Crippen LogP contribution is 2.43. The Labute approximate surface area is 307 Å². The zero-order chi connectivity index (χ0) is 36.8. The Kier molecular flexibility index (Phi) is 15.9. The number of carbonyl (C=O) groups excluding carboxylic acids is 4. The number of esters is 1. The fourth-order valence-electron chi connectivity index (χ4n) is 5.96. The molecule has 3 amide bonds. The maximum absolute atomic E-state index is 12.6. The highest BCUT2D eigenvalue weighted by molar-refractivity contribution is 8.76. The monoisotopic (exact) mass is 746 g/mol. The third kappa shape index (κ3) is 14.6. The molecular formula is C36H50N4O9S2. The molecule has 1 aromatic rings. The maximum atomic E-state index is 12.6. The highest BCUT2D eigenvalue weighted by Gasteiger charge is 2.51. The molecule has 3 fully saturated rings. The maximum Gasteiger partial charge on any atom is 0.426 e. The van der Waals surface area contributed by atoms with E-state index in [1.165, 1.54) is 34.6 Å². The van der Waals surface area contributed by atoms with E-state index in [4.69, 9.17) is 23.7 Å². The van der Waals surface area contributed by atoms with Gasteiger partial charge in [0.2, 0.25) is 11.8 Å². The van der Waals surface area contributed by atoms with Crippen LogP contribution in [0.3, 0.4) is 0 Å². The minimum absolute atomic E-state index is 0.00830. The summed E-state index contributed by atoms with van der Waals surface area (Å²) in [6, 6.07) is 5.54. The standard InChI is InChI=1S/C36H50N4O9S2/c1-23(10-13-31-24(2)18-30(26(4)48-31)38-32(42)14-11-25(3)47-27(5)41)9-12-28-20-36(22-46-36)21-29(49-28)19-33(43)39-40-35(44)45-16-17-50-51-34-8-6-7-15-37-34/h6-12,14-15,24-26,28-31H,13,16-22H2,1-5H3,(H,38,42)(H,39,43)(H,40,44)/b12-9+,14-11-,23-10+/t24-,25-,26+,28+,29+,30+,31-,36+/m0/s1. The van der Waals surface area contributed by atoms with Crippen molar-refractivity contribution in [2.75, 3.05) is 19.0 Å². The van der Waals surface area contributed by atoms with Crippen LogP contribution in [0.4, 0.5) is 4.79 Å². The van der Waals surface area contributed by atoms with Crippen LogP contribution in [0.5, 0.6) is 0 Å². The fraction of sp³-hybridized carbons (Fsp3) is 0.583. The number of hydrogen-bond donors (Lipinski definition) is 3. The van der Waals surface area contributed by atoms with E-state index >= 15 is 0 Å². The summed E-state index contributed by atoms with van der Waals surface area (Å²) in [4.78, 5) is 52.3. The Morgan fingerprint density at radius 2 is 1.92 bits per heavy atom. The van der Waals surface area contributed by atoms with Gasteiger partial charge in [-0.15, -0.1) is 0 Å². The molecule has 0 aromatic carbocycles. The Balaban J connectivity index is 1.15. The molecule has 0 saturated carbocycles. The van der Waals surface area contributed by atoms with E-state index in [0.29, 0.717) is 25.2 Å². The second kappa shape index (κ2) is 20.0. The van der Waals surface area contributed by atoms with Gasteiger partial charge in [-0.3, -0.25) is 19.8 Å². The second-order valence-corrected chi connectivity index (χ2v) is 15.6. The molecule has 0 aliphatic carbocycles. The second-order valence-electron chi connectivity index (χ2n) is 13.2. The lowest BCUT2D eigenvalue weighted by Crippen LogP contribution is -2.50. The largest absolute Gasteiger partial charge is 0.459 e. The number of allylic oxidation sites excluding steroid dienone is 2. The Hall–Kier alpha value is -3.37. The fourth-order valence-corrected chi connectivity index (χ4v) is 7.66. The minimum atomic E-state index is -0.729. The van der Waals surface area contributed by atoms with Gasteiger partial charge >= 0.3 is 12.1 Å². The van der Waals surface area contributed by atoms with Gasteiger partial charge in [0, 0.05) is 37.8 Å². The number of hydrazine groups is 1. The number of amides is 3. The molecule has 4 rings (SSSR count). The van der Waals surface area contributed by atoms with Crippen LogP contribution in [0.25, 0.3) is 0 Å². The van der Waals surface area contributed by atoms with Crippen molar-refractivity contribution in [3.05, 3.63) is 60.3 Å². The summed E-state index contributed by atoms with van der Waals surface area (Å²) in [5, 5.41) is 3.89. The van der Waals surface area contributed by atoms with Crippen molar-refractivity contribution in [3.8, 4) is 0 Å². The summed E-state index contributed by atoms with van der Waals surface area (Å²) in [5.41, 5.74) is 5.49. The molecule has 3 N–H and O–H groups in total. The zero-order valence-corrected chi connectivity index (χ0v) is 31.5. The third-order valence-corrected chi connectivity index (χ3v) is 10.9. The first-order chi connectivity index (χ1) is 24.4. The van der Waals surface area contributed by atoms with Gasteiger partial charge in [-0.25, -0.2) is 15.2 Å². The summed E-state index contributed by atoms with van der Waals surface area (Å²) in [7, 11) is 3.02. The molecule has 15 heteroatoms. The lowest BCUT2D eigenvalue weighted by molar-refractivity contribution is -0.143. The smallest absolute Gasteiger partial charge is 0.426 e. The number of hydrogen-bond acceptors (Lipinski definition) is 12. The van der Waals surface area contributed by atoms with Crippen molar-refractivity contribution >= 4 is 45.5 Å². The minimum Gasteiger partial charge on any atom is -0.459 e. The van der Waals surface area contributed by atoms with Crippen LogP contribution in [0.2, 0.25) is 0 Å². The van der Waals surface area contributed by atoms with Gasteiger partial charge in [-0.2, -0.15) is 0 Å². The van der Waals surface area contributed by atoms with Crippen molar-refractivity contribution in [3.63, 3.8) is 0 Å². The van der Waals surface area contributed by atoms with Crippen LogP contribution in [-0.2, 0) is 38.1 Å². The molecule has 3 aliphatic heterocycles. The van der Waals surface area contributed by atoms with Crippen molar-refractivity contribution in [2.24, 2.45) is 5.92 Å². The van der Waals surface area contributed by atoms with Gasteiger partial charge in [0.05, 0.1) is 49.1 Å².